The van der Waals surface area contributed by atoms with Crippen LogP contribution in [-0.2, 0) is 9.47 Å². The molecule has 1 fully saturated rings. The molecule has 0 spiro atoms. The van der Waals surface area contributed by atoms with E-state index in [-0.39, 0.29) is 18.7 Å². The van der Waals surface area contributed by atoms with Gasteiger partial charge >= 0.3 is 0 Å². The van der Waals surface area contributed by atoms with Crippen LogP contribution in [0.1, 0.15) is 27.7 Å². The minimum absolute atomic E-state index is 0.114. The van der Waals surface area contributed by atoms with Crippen molar-refractivity contribution in [3.63, 3.8) is 0 Å². The maximum absolute atomic E-state index is 9.19. The lowest BCUT2D eigenvalue weighted by Crippen LogP contribution is -2.53. The van der Waals surface area contributed by atoms with Crippen molar-refractivity contribution < 1.29 is 14.6 Å². The standard InChI is InChI=1S/C11H23NO3/c1-8(2)10(5-13)12-9-6-14-11(3,4)15-7-9/h8-10,12-13H,5-7H2,1-4H3. The average Bonchev–Trinajstić information content (AvgIpc) is 2.15. The van der Waals surface area contributed by atoms with Crippen molar-refractivity contribution in [2.75, 3.05) is 19.8 Å². The number of aliphatic hydroxyl groups is 1. The fourth-order valence-corrected chi connectivity index (χ4v) is 1.55. The monoisotopic (exact) mass is 217 g/mol. The minimum Gasteiger partial charge on any atom is -0.395 e. The zero-order valence-corrected chi connectivity index (χ0v) is 10.1. The van der Waals surface area contributed by atoms with E-state index in [1.54, 1.807) is 0 Å². The Kier molecular flexibility index (Phi) is 4.52. The van der Waals surface area contributed by atoms with Gasteiger partial charge < -0.3 is 19.9 Å². The largest absolute Gasteiger partial charge is 0.395 e. The summed E-state index contributed by atoms with van der Waals surface area (Å²) in [5, 5.41) is 12.5. The Morgan fingerprint density at radius 1 is 1.33 bits per heavy atom. The number of hydrogen-bond donors (Lipinski definition) is 2. The van der Waals surface area contributed by atoms with Gasteiger partial charge in [0.1, 0.15) is 0 Å². The van der Waals surface area contributed by atoms with Crippen LogP contribution in [0.5, 0.6) is 0 Å². The van der Waals surface area contributed by atoms with Crippen LogP contribution in [0.4, 0.5) is 0 Å². The van der Waals surface area contributed by atoms with E-state index in [9.17, 15) is 5.11 Å². The van der Waals surface area contributed by atoms with Crippen molar-refractivity contribution in [3.8, 4) is 0 Å². The van der Waals surface area contributed by atoms with Gasteiger partial charge in [-0.25, -0.2) is 0 Å². The van der Waals surface area contributed by atoms with Gasteiger partial charge in [-0.05, 0) is 19.8 Å². The number of nitrogens with one attached hydrogen (secondary N) is 1. The highest BCUT2D eigenvalue weighted by atomic mass is 16.7. The van der Waals surface area contributed by atoms with Crippen LogP contribution in [0.3, 0.4) is 0 Å². The van der Waals surface area contributed by atoms with E-state index in [4.69, 9.17) is 9.47 Å². The summed E-state index contributed by atoms with van der Waals surface area (Å²) in [6.45, 7) is 9.42. The molecular weight excluding hydrogens is 194 g/mol. The van der Waals surface area contributed by atoms with Crippen molar-refractivity contribution in [2.45, 2.75) is 45.6 Å². The average molecular weight is 217 g/mol. The van der Waals surface area contributed by atoms with Gasteiger partial charge in [0, 0.05) is 6.04 Å². The van der Waals surface area contributed by atoms with Crippen LogP contribution in [0, 0.1) is 5.92 Å². The zero-order valence-electron chi connectivity index (χ0n) is 10.1. The molecule has 0 radical (unpaired) electrons. The van der Waals surface area contributed by atoms with Gasteiger partial charge in [-0.3, -0.25) is 0 Å². The molecule has 4 nitrogen and oxygen atoms in total. The highest BCUT2D eigenvalue weighted by Crippen LogP contribution is 2.17. The summed E-state index contributed by atoms with van der Waals surface area (Å²) in [5.74, 6) is -0.0602. The highest BCUT2D eigenvalue weighted by Gasteiger charge is 2.29. The van der Waals surface area contributed by atoms with Crippen molar-refractivity contribution in [2.24, 2.45) is 5.92 Å². The van der Waals surface area contributed by atoms with Crippen LogP contribution in [0.25, 0.3) is 0 Å². The first-order chi connectivity index (χ1) is 6.94. The second-order valence-electron chi connectivity index (χ2n) is 4.92. The molecule has 90 valence electrons. The number of rotatable bonds is 4. The molecule has 4 heteroatoms. The van der Waals surface area contributed by atoms with Gasteiger partial charge in [0.2, 0.25) is 0 Å². The fraction of sp³-hybridized carbons (Fsp3) is 1.00. The first-order valence-electron chi connectivity index (χ1n) is 5.59. The topological polar surface area (TPSA) is 50.7 Å². The first-order valence-corrected chi connectivity index (χ1v) is 5.59. The summed E-state index contributed by atoms with van der Waals surface area (Å²) >= 11 is 0. The molecule has 1 rings (SSSR count). The van der Waals surface area contributed by atoms with Gasteiger partial charge in [-0.2, -0.15) is 0 Å². The molecule has 0 amide bonds. The molecular formula is C11H23NO3. The van der Waals surface area contributed by atoms with Crippen molar-refractivity contribution in [1.29, 1.82) is 0 Å². The maximum atomic E-state index is 9.19. The van der Waals surface area contributed by atoms with E-state index in [0.29, 0.717) is 19.1 Å². The van der Waals surface area contributed by atoms with Crippen molar-refractivity contribution in [3.05, 3.63) is 0 Å². The van der Waals surface area contributed by atoms with Crippen LogP contribution in [-0.4, -0.2) is 42.8 Å². The minimum atomic E-state index is -0.468. The van der Waals surface area contributed by atoms with Gasteiger partial charge in [-0.1, -0.05) is 13.8 Å². The van der Waals surface area contributed by atoms with E-state index in [1.807, 2.05) is 13.8 Å². The third-order valence-electron chi connectivity index (χ3n) is 2.72. The van der Waals surface area contributed by atoms with E-state index in [2.05, 4.69) is 19.2 Å². The molecule has 1 aliphatic heterocycles. The second-order valence-corrected chi connectivity index (χ2v) is 4.92. The van der Waals surface area contributed by atoms with Crippen molar-refractivity contribution >= 4 is 0 Å². The quantitative estimate of drug-likeness (QED) is 0.729. The third-order valence-corrected chi connectivity index (χ3v) is 2.72. The lowest BCUT2D eigenvalue weighted by atomic mass is 10.0. The van der Waals surface area contributed by atoms with Gasteiger partial charge in [-0.15, -0.1) is 0 Å². The van der Waals surface area contributed by atoms with E-state index in [0.717, 1.165) is 0 Å². The Bertz CT molecular complexity index is 184. The van der Waals surface area contributed by atoms with E-state index >= 15 is 0 Å². The Balaban J connectivity index is 2.34. The molecule has 0 aliphatic carbocycles. The lowest BCUT2D eigenvalue weighted by Gasteiger charge is -2.37. The van der Waals surface area contributed by atoms with Gasteiger partial charge in [0.15, 0.2) is 5.79 Å². The first kappa shape index (κ1) is 12.9. The Morgan fingerprint density at radius 2 is 1.87 bits per heavy atom. The zero-order chi connectivity index (χ0) is 11.5. The maximum Gasteiger partial charge on any atom is 0.162 e. The number of aliphatic hydroxyl groups excluding tert-OH is 1. The summed E-state index contributed by atoms with van der Waals surface area (Å²) in [6, 6.07) is 0.293. The van der Waals surface area contributed by atoms with Crippen LogP contribution < -0.4 is 5.32 Å². The van der Waals surface area contributed by atoms with Gasteiger partial charge in [0.25, 0.3) is 0 Å². The number of ether oxygens (including phenoxy) is 2. The Hall–Kier alpha value is -0.160. The van der Waals surface area contributed by atoms with E-state index in [1.165, 1.54) is 0 Å². The molecule has 0 aromatic rings. The highest BCUT2D eigenvalue weighted by molar-refractivity contribution is 4.79. The van der Waals surface area contributed by atoms with Crippen LogP contribution in [0.15, 0.2) is 0 Å². The second kappa shape index (κ2) is 5.25. The molecule has 0 saturated carbocycles. The lowest BCUT2D eigenvalue weighted by molar-refractivity contribution is -0.253. The molecule has 2 N–H and O–H groups in total. The molecule has 1 atom stereocenters. The smallest absolute Gasteiger partial charge is 0.162 e. The molecule has 1 saturated heterocycles. The summed E-state index contributed by atoms with van der Waals surface area (Å²) in [7, 11) is 0. The Morgan fingerprint density at radius 3 is 2.27 bits per heavy atom. The summed E-state index contributed by atoms with van der Waals surface area (Å²) in [4.78, 5) is 0. The SMILES string of the molecule is CC(C)C(CO)NC1COC(C)(C)OC1. The summed E-state index contributed by atoms with van der Waals surface area (Å²) in [6.07, 6.45) is 0. The van der Waals surface area contributed by atoms with Crippen LogP contribution >= 0.6 is 0 Å². The fourth-order valence-electron chi connectivity index (χ4n) is 1.55. The molecule has 0 aromatic heterocycles. The normalized spacial score (nSPS) is 24.4. The molecule has 1 aliphatic rings. The molecule has 0 bridgehead atoms. The predicted molar refractivity (Wildman–Crippen MR) is 58.6 cm³/mol. The summed E-state index contributed by atoms with van der Waals surface area (Å²) < 4.78 is 11.1. The van der Waals surface area contributed by atoms with Crippen LogP contribution in [0.2, 0.25) is 0 Å². The number of hydrogen-bond acceptors (Lipinski definition) is 4. The molecule has 15 heavy (non-hydrogen) atoms. The molecule has 0 aromatic carbocycles. The Labute approximate surface area is 92.0 Å². The predicted octanol–water partition coefficient (Wildman–Crippen LogP) is 0.744. The van der Waals surface area contributed by atoms with E-state index < -0.39 is 5.79 Å². The molecule has 1 heterocycles. The van der Waals surface area contributed by atoms with Crippen molar-refractivity contribution in [1.82, 2.24) is 5.32 Å². The van der Waals surface area contributed by atoms with Gasteiger partial charge in [0.05, 0.1) is 25.9 Å². The summed E-state index contributed by atoms with van der Waals surface area (Å²) in [5.41, 5.74) is 0. The third kappa shape index (κ3) is 4.07. The molecule has 1 unspecified atom stereocenters.